The van der Waals surface area contributed by atoms with Crippen LogP contribution in [-0.2, 0) is 14.3 Å². The molecule has 1 aliphatic rings. The molecule has 1 saturated heterocycles. The Kier molecular flexibility index (Phi) is 6.17. The van der Waals surface area contributed by atoms with Crippen LogP contribution in [0.15, 0.2) is 42.5 Å². The smallest absolute Gasteiger partial charge is 0.411 e. The van der Waals surface area contributed by atoms with Gasteiger partial charge >= 0.3 is 18.0 Å². The third kappa shape index (κ3) is 4.52. The second-order valence-corrected chi connectivity index (χ2v) is 8.16. The Bertz CT molecular complexity index is 767. The van der Waals surface area contributed by atoms with Crippen molar-refractivity contribution in [3.05, 3.63) is 48.0 Å². The van der Waals surface area contributed by atoms with Gasteiger partial charge in [0.05, 0.1) is 12.5 Å². The first-order valence-corrected chi connectivity index (χ1v) is 9.10. The van der Waals surface area contributed by atoms with Crippen molar-refractivity contribution in [3.63, 3.8) is 0 Å². The van der Waals surface area contributed by atoms with Crippen LogP contribution >= 0.6 is 0 Å². The molecule has 0 aromatic heterocycles. The first kappa shape index (κ1) is 21.5. The summed E-state index contributed by atoms with van der Waals surface area (Å²) in [4.78, 5) is 37.8. The van der Waals surface area contributed by atoms with E-state index in [1.54, 1.807) is 52.0 Å². The van der Waals surface area contributed by atoms with Crippen molar-refractivity contribution in [3.8, 4) is 0 Å². The van der Waals surface area contributed by atoms with Crippen LogP contribution in [0.3, 0.4) is 0 Å². The summed E-state index contributed by atoms with van der Waals surface area (Å²) in [5.41, 5.74) is 0.503. The van der Waals surface area contributed by atoms with Gasteiger partial charge in [0.15, 0.2) is 0 Å². The first-order valence-electron chi connectivity index (χ1n) is 9.10. The highest BCUT2D eigenvalue weighted by molar-refractivity contribution is 5.83. The quantitative estimate of drug-likeness (QED) is 0.744. The monoisotopic (exact) mass is 389 g/mol. The van der Waals surface area contributed by atoms with Crippen molar-refractivity contribution >= 4 is 18.0 Å². The first-order chi connectivity index (χ1) is 12.9. The number of likely N-dealkylation sites (tertiary alicyclic amines) is 1. The number of carbonyl (C=O) groups is 3. The molecule has 1 heterocycles. The standard InChI is InChI=1S/C21H27NO6/c1-12(2)16-14(11-15(23)24)18(19(25)26)22(20(27)28-21(3,4)5)17(16)13-9-7-6-8-10-13/h6-10,14,16-18H,1,11H2,2-5H3,(H,23,24)(H,25,26)/t14-,16+,17-,18-/m0/s1. The molecule has 0 bridgehead atoms. The Morgan fingerprint density at radius 3 is 2.14 bits per heavy atom. The predicted molar refractivity (Wildman–Crippen MR) is 103 cm³/mol. The third-order valence-electron chi connectivity index (χ3n) is 4.78. The Labute approximate surface area is 164 Å². The van der Waals surface area contributed by atoms with Gasteiger partial charge < -0.3 is 14.9 Å². The van der Waals surface area contributed by atoms with Crippen LogP contribution in [-0.4, -0.2) is 44.8 Å². The summed E-state index contributed by atoms with van der Waals surface area (Å²) < 4.78 is 5.48. The number of hydrogen-bond donors (Lipinski definition) is 2. The molecule has 2 N–H and O–H groups in total. The molecule has 1 amide bonds. The van der Waals surface area contributed by atoms with E-state index in [-0.39, 0.29) is 0 Å². The molecule has 0 spiro atoms. The number of nitrogens with zero attached hydrogens (tertiary/aromatic N) is 1. The summed E-state index contributed by atoms with van der Waals surface area (Å²) in [6.07, 6.45) is -1.18. The summed E-state index contributed by atoms with van der Waals surface area (Å²) in [6, 6.07) is 6.96. The van der Waals surface area contributed by atoms with Gasteiger partial charge in [-0.1, -0.05) is 42.5 Å². The Balaban J connectivity index is 2.65. The molecular weight excluding hydrogens is 362 g/mol. The van der Waals surface area contributed by atoms with Crippen LogP contribution < -0.4 is 0 Å². The van der Waals surface area contributed by atoms with Gasteiger partial charge in [-0.25, -0.2) is 9.59 Å². The predicted octanol–water partition coefficient (Wildman–Crippen LogP) is 3.71. The van der Waals surface area contributed by atoms with E-state index in [2.05, 4.69) is 6.58 Å². The Hall–Kier alpha value is -2.83. The minimum absolute atomic E-state index is 0.392. The van der Waals surface area contributed by atoms with E-state index in [1.165, 1.54) is 4.90 Å². The third-order valence-corrected chi connectivity index (χ3v) is 4.78. The molecule has 1 aromatic rings. The van der Waals surface area contributed by atoms with E-state index in [9.17, 15) is 24.6 Å². The lowest BCUT2D eigenvalue weighted by atomic mass is 9.79. The number of rotatable bonds is 5. The molecule has 1 aromatic carbocycles. The van der Waals surface area contributed by atoms with Gasteiger partial charge in [0, 0.05) is 11.8 Å². The fourth-order valence-electron chi connectivity index (χ4n) is 3.92. The number of benzene rings is 1. The van der Waals surface area contributed by atoms with E-state index in [4.69, 9.17) is 4.74 Å². The lowest BCUT2D eigenvalue weighted by Gasteiger charge is -2.32. The molecule has 0 radical (unpaired) electrons. The highest BCUT2D eigenvalue weighted by Crippen LogP contribution is 2.49. The molecule has 4 atom stereocenters. The average molecular weight is 389 g/mol. The minimum atomic E-state index is -1.34. The highest BCUT2D eigenvalue weighted by atomic mass is 16.6. The summed E-state index contributed by atoms with van der Waals surface area (Å²) in [7, 11) is 0. The molecule has 1 aliphatic heterocycles. The van der Waals surface area contributed by atoms with Crippen LogP contribution in [0.2, 0.25) is 0 Å². The number of carbonyl (C=O) groups excluding carboxylic acids is 1. The van der Waals surface area contributed by atoms with Crippen LogP contribution in [0.4, 0.5) is 4.79 Å². The second-order valence-electron chi connectivity index (χ2n) is 8.16. The maximum absolute atomic E-state index is 13.0. The van der Waals surface area contributed by atoms with Gasteiger partial charge in [-0.3, -0.25) is 9.69 Å². The van der Waals surface area contributed by atoms with Crippen molar-refractivity contribution in [2.75, 3.05) is 0 Å². The lowest BCUT2D eigenvalue weighted by Crippen LogP contribution is -2.46. The molecular formula is C21H27NO6. The summed E-state index contributed by atoms with van der Waals surface area (Å²) in [6.45, 7) is 10.8. The topological polar surface area (TPSA) is 104 Å². The molecule has 2 rings (SSSR count). The number of hydrogen-bond acceptors (Lipinski definition) is 4. The zero-order valence-corrected chi connectivity index (χ0v) is 16.6. The fourth-order valence-corrected chi connectivity index (χ4v) is 3.92. The van der Waals surface area contributed by atoms with Gasteiger partial charge in [-0.05, 0) is 33.3 Å². The number of carboxylic acid groups (broad SMARTS) is 2. The normalized spacial score (nSPS) is 24.6. The van der Waals surface area contributed by atoms with Crippen LogP contribution in [0.1, 0.15) is 45.7 Å². The van der Waals surface area contributed by atoms with Gasteiger partial charge in [0.25, 0.3) is 0 Å². The molecule has 7 heteroatoms. The van der Waals surface area contributed by atoms with E-state index in [1.807, 2.05) is 6.07 Å². The fraction of sp³-hybridized carbons (Fsp3) is 0.476. The Morgan fingerprint density at radius 1 is 1.14 bits per heavy atom. The summed E-state index contributed by atoms with van der Waals surface area (Å²) in [5, 5.41) is 19.3. The van der Waals surface area contributed by atoms with E-state index in [0.717, 1.165) is 0 Å². The molecule has 152 valence electrons. The molecule has 0 saturated carbocycles. The Morgan fingerprint density at radius 2 is 1.71 bits per heavy atom. The zero-order chi connectivity index (χ0) is 21.2. The number of aliphatic carboxylic acids is 2. The lowest BCUT2D eigenvalue weighted by molar-refractivity contribution is -0.145. The summed E-state index contributed by atoms with van der Waals surface area (Å²) >= 11 is 0. The molecule has 7 nitrogen and oxygen atoms in total. The van der Waals surface area contributed by atoms with Crippen molar-refractivity contribution < 1.29 is 29.3 Å². The van der Waals surface area contributed by atoms with Crippen LogP contribution in [0.5, 0.6) is 0 Å². The minimum Gasteiger partial charge on any atom is -0.481 e. The van der Waals surface area contributed by atoms with Gasteiger partial charge in [-0.2, -0.15) is 0 Å². The SMILES string of the molecule is C=C(C)[C@@H]1[C@H](CC(=O)O)[C@@H](C(=O)O)N(C(=O)OC(C)(C)C)[C@H]1c1ccccc1. The van der Waals surface area contributed by atoms with Crippen molar-refractivity contribution in [1.29, 1.82) is 0 Å². The van der Waals surface area contributed by atoms with Crippen molar-refractivity contribution in [2.24, 2.45) is 11.8 Å². The van der Waals surface area contributed by atoms with Crippen molar-refractivity contribution in [1.82, 2.24) is 4.90 Å². The largest absolute Gasteiger partial charge is 0.481 e. The molecule has 1 fully saturated rings. The molecule has 0 aliphatic carbocycles. The van der Waals surface area contributed by atoms with E-state index >= 15 is 0 Å². The number of ether oxygens (including phenoxy) is 1. The average Bonchev–Trinajstić information content (AvgIpc) is 2.88. The van der Waals surface area contributed by atoms with Crippen molar-refractivity contribution in [2.45, 2.75) is 51.8 Å². The number of carboxylic acids is 2. The van der Waals surface area contributed by atoms with E-state index in [0.29, 0.717) is 11.1 Å². The highest BCUT2D eigenvalue weighted by Gasteiger charge is 2.56. The van der Waals surface area contributed by atoms with Gasteiger partial charge in [-0.15, -0.1) is 0 Å². The summed E-state index contributed by atoms with van der Waals surface area (Å²) in [5.74, 6) is -3.75. The maximum Gasteiger partial charge on any atom is 0.411 e. The maximum atomic E-state index is 13.0. The second kappa shape index (κ2) is 8.04. The number of amides is 1. The van der Waals surface area contributed by atoms with Crippen LogP contribution in [0.25, 0.3) is 0 Å². The van der Waals surface area contributed by atoms with Crippen LogP contribution in [0, 0.1) is 11.8 Å². The van der Waals surface area contributed by atoms with E-state index < -0.39 is 54.0 Å². The van der Waals surface area contributed by atoms with Gasteiger partial charge in [0.2, 0.25) is 0 Å². The molecule has 0 unspecified atom stereocenters. The van der Waals surface area contributed by atoms with Gasteiger partial charge in [0.1, 0.15) is 11.6 Å². The molecule has 28 heavy (non-hydrogen) atoms. The zero-order valence-electron chi connectivity index (χ0n) is 16.6.